The van der Waals surface area contributed by atoms with E-state index < -0.39 is 0 Å². The number of aromatic hydroxyl groups is 2. The van der Waals surface area contributed by atoms with Crippen molar-refractivity contribution in [2.24, 2.45) is 0 Å². The molecule has 0 aromatic heterocycles. The molecule has 0 saturated carbocycles. The molecule has 2 heteroatoms. The third kappa shape index (κ3) is 1.87. The summed E-state index contributed by atoms with van der Waals surface area (Å²) in [5, 5.41) is 18.9. The van der Waals surface area contributed by atoms with Crippen molar-refractivity contribution in [2.75, 3.05) is 0 Å². The Kier molecular flexibility index (Phi) is 2.57. The third-order valence-electron chi connectivity index (χ3n) is 2.69. The highest BCUT2D eigenvalue weighted by Crippen LogP contribution is 2.29. The van der Waals surface area contributed by atoms with E-state index in [1.54, 1.807) is 12.1 Å². The molecule has 0 radical (unpaired) electrons. The number of hydrogen-bond acceptors (Lipinski definition) is 2. The standard InChI is InChI=1S/C14H14O2/c1-9-7-12(8-10(2)14(9)16)11-3-5-13(15)6-4-11/h3-8,15-16H,1-2H3. The molecule has 0 spiro atoms. The van der Waals surface area contributed by atoms with Gasteiger partial charge in [-0.15, -0.1) is 0 Å². The van der Waals surface area contributed by atoms with Crippen LogP contribution in [-0.4, -0.2) is 10.2 Å². The summed E-state index contributed by atoms with van der Waals surface area (Å²) in [6.07, 6.45) is 0. The van der Waals surface area contributed by atoms with Crippen molar-refractivity contribution in [2.45, 2.75) is 13.8 Å². The van der Waals surface area contributed by atoms with Gasteiger partial charge in [0.05, 0.1) is 0 Å². The molecule has 2 aromatic carbocycles. The van der Waals surface area contributed by atoms with Crippen LogP contribution in [0.15, 0.2) is 36.4 Å². The average Bonchev–Trinajstić information content (AvgIpc) is 2.26. The van der Waals surface area contributed by atoms with Gasteiger partial charge in [-0.05, 0) is 60.4 Å². The first kappa shape index (κ1) is 10.6. The summed E-state index contributed by atoms with van der Waals surface area (Å²) in [7, 11) is 0. The zero-order valence-corrected chi connectivity index (χ0v) is 9.36. The van der Waals surface area contributed by atoms with E-state index in [2.05, 4.69) is 0 Å². The lowest BCUT2D eigenvalue weighted by molar-refractivity contribution is 0.467. The molecule has 2 nitrogen and oxygen atoms in total. The Morgan fingerprint density at radius 1 is 0.750 bits per heavy atom. The van der Waals surface area contributed by atoms with Gasteiger partial charge in [-0.25, -0.2) is 0 Å². The average molecular weight is 214 g/mol. The Labute approximate surface area is 94.8 Å². The predicted octanol–water partition coefficient (Wildman–Crippen LogP) is 3.38. The number of phenolic OH excluding ortho intramolecular Hbond substituents is 2. The SMILES string of the molecule is Cc1cc(-c2ccc(O)cc2)cc(C)c1O. The fourth-order valence-electron chi connectivity index (χ4n) is 1.78. The zero-order chi connectivity index (χ0) is 11.7. The molecule has 0 unspecified atom stereocenters. The maximum Gasteiger partial charge on any atom is 0.121 e. The van der Waals surface area contributed by atoms with Gasteiger partial charge in [-0.2, -0.15) is 0 Å². The molecule has 0 saturated heterocycles. The molecule has 0 aliphatic carbocycles. The van der Waals surface area contributed by atoms with Gasteiger partial charge in [-0.1, -0.05) is 12.1 Å². The lowest BCUT2D eigenvalue weighted by Gasteiger charge is -2.08. The normalized spacial score (nSPS) is 10.4. The van der Waals surface area contributed by atoms with Crippen LogP contribution in [0, 0.1) is 13.8 Å². The molecule has 0 bridgehead atoms. The van der Waals surface area contributed by atoms with Crippen LogP contribution in [0.4, 0.5) is 0 Å². The summed E-state index contributed by atoms with van der Waals surface area (Å²) in [6, 6.07) is 10.9. The minimum atomic E-state index is 0.260. The zero-order valence-electron chi connectivity index (χ0n) is 9.36. The van der Waals surface area contributed by atoms with Crippen LogP contribution < -0.4 is 0 Å². The van der Waals surface area contributed by atoms with Gasteiger partial charge in [0.15, 0.2) is 0 Å². The van der Waals surface area contributed by atoms with Crippen molar-refractivity contribution < 1.29 is 10.2 Å². The summed E-state index contributed by atoms with van der Waals surface area (Å²) >= 11 is 0. The van der Waals surface area contributed by atoms with E-state index in [4.69, 9.17) is 0 Å². The van der Waals surface area contributed by atoms with Crippen LogP contribution in [0.5, 0.6) is 11.5 Å². The lowest BCUT2D eigenvalue weighted by atomic mass is 10.00. The van der Waals surface area contributed by atoms with Gasteiger partial charge in [0.2, 0.25) is 0 Å². The highest BCUT2D eigenvalue weighted by atomic mass is 16.3. The number of benzene rings is 2. The molecule has 0 fully saturated rings. The molecular weight excluding hydrogens is 200 g/mol. The first-order valence-electron chi connectivity index (χ1n) is 5.17. The summed E-state index contributed by atoms with van der Waals surface area (Å²) < 4.78 is 0. The maximum absolute atomic E-state index is 9.68. The Balaban J connectivity index is 2.52. The minimum absolute atomic E-state index is 0.260. The van der Waals surface area contributed by atoms with Crippen LogP contribution >= 0.6 is 0 Å². The van der Waals surface area contributed by atoms with E-state index in [1.807, 2.05) is 38.1 Å². The molecule has 82 valence electrons. The van der Waals surface area contributed by atoms with Crippen molar-refractivity contribution in [3.8, 4) is 22.6 Å². The Bertz CT molecular complexity index is 490. The van der Waals surface area contributed by atoms with Gasteiger partial charge < -0.3 is 10.2 Å². The summed E-state index contributed by atoms with van der Waals surface area (Å²) in [5.41, 5.74) is 3.81. The molecule has 0 amide bonds. The van der Waals surface area contributed by atoms with E-state index in [0.29, 0.717) is 5.75 Å². The Hall–Kier alpha value is -1.96. The van der Waals surface area contributed by atoms with E-state index >= 15 is 0 Å². The number of aryl methyl sites for hydroxylation is 2. The van der Waals surface area contributed by atoms with Gasteiger partial charge in [0, 0.05) is 0 Å². The largest absolute Gasteiger partial charge is 0.508 e. The van der Waals surface area contributed by atoms with Crippen molar-refractivity contribution in [3.63, 3.8) is 0 Å². The smallest absolute Gasteiger partial charge is 0.121 e. The first-order chi connectivity index (χ1) is 7.58. The first-order valence-corrected chi connectivity index (χ1v) is 5.17. The summed E-state index contributed by atoms with van der Waals surface area (Å²) in [6.45, 7) is 3.76. The van der Waals surface area contributed by atoms with E-state index in [9.17, 15) is 10.2 Å². The minimum Gasteiger partial charge on any atom is -0.508 e. The van der Waals surface area contributed by atoms with Crippen molar-refractivity contribution in [1.29, 1.82) is 0 Å². The van der Waals surface area contributed by atoms with Crippen molar-refractivity contribution in [3.05, 3.63) is 47.5 Å². The van der Waals surface area contributed by atoms with Gasteiger partial charge in [0.25, 0.3) is 0 Å². The molecule has 2 aromatic rings. The summed E-state index contributed by atoms with van der Waals surface area (Å²) in [5.74, 6) is 0.610. The monoisotopic (exact) mass is 214 g/mol. The molecule has 16 heavy (non-hydrogen) atoms. The number of rotatable bonds is 1. The number of phenols is 2. The second kappa shape index (κ2) is 3.89. The molecule has 0 aliphatic heterocycles. The molecule has 0 aliphatic rings. The van der Waals surface area contributed by atoms with Crippen molar-refractivity contribution in [1.82, 2.24) is 0 Å². The van der Waals surface area contributed by atoms with E-state index in [0.717, 1.165) is 22.3 Å². The second-order valence-electron chi connectivity index (χ2n) is 4.01. The highest BCUT2D eigenvalue weighted by Gasteiger charge is 2.05. The van der Waals surface area contributed by atoms with E-state index in [1.165, 1.54) is 0 Å². The fourth-order valence-corrected chi connectivity index (χ4v) is 1.78. The summed E-state index contributed by atoms with van der Waals surface area (Å²) in [4.78, 5) is 0. The van der Waals surface area contributed by atoms with Crippen LogP contribution in [0.3, 0.4) is 0 Å². The topological polar surface area (TPSA) is 40.5 Å². The Morgan fingerprint density at radius 2 is 1.25 bits per heavy atom. The molecule has 0 heterocycles. The third-order valence-corrected chi connectivity index (χ3v) is 2.69. The Morgan fingerprint density at radius 3 is 1.75 bits per heavy atom. The predicted molar refractivity (Wildman–Crippen MR) is 64.7 cm³/mol. The fraction of sp³-hybridized carbons (Fsp3) is 0.143. The number of hydrogen-bond donors (Lipinski definition) is 2. The lowest BCUT2D eigenvalue weighted by Crippen LogP contribution is -1.84. The van der Waals surface area contributed by atoms with E-state index in [-0.39, 0.29) is 5.75 Å². The van der Waals surface area contributed by atoms with Crippen LogP contribution in [-0.2, 0) is 0 Å². The maximum atomic E-state index is 9.68. The molecule has 2 rings (SSSR count). The van der Waals surface area contributed by atoms with Crippen LogP contribution in [0.25, 0.3) is 11.1 Å². The molecule has 0 atom stereocenters. The molecule has 2 N–H and O–H groups in total. The quantitative estimate of drug-likeness (QED) is 0.764. The highest BCUT2D eigenvalue weighted by molar-refractivity contribution is 5.67. The van der Waals surface area contributed by atoms with Gasteiger partial charge >= 0.3 is 0 Å². The van der Waals surface area contributed by atoms with Crippen LogP contribution in [0.2, 0.25) is 0 Å². The molecular formula is C14H14O2. The van der Waals surface area contributed by atoms with Gasteiger partial charge in [0.1, 0.15) is 11.5 Å². The van der Waals surface area contributed by atoms with Gasteiger partial charge in [-0.3, -0.25) is 0 Å². The second-order valence-corrected chi connectivity index (χ2v) is 4.01. The van der Waals surface area contributed by atoms with Crippen LogP contribution in [0.1, 0.15) is 11.1 Å². The van der Waals surface area contributed by atoms with Crippen molar-refractivity contribution >= 4 is 0 Å².